The number of nitrogens with two attached hydrogens (primary N) is 2. The number of nitrogens with one attached hydrogen (secondary N) is 1. The summed E-state index contributed by atoms with van der Waals surface area (Å²) in [5.74, 6) is 1.92. The Morgan fingerprint density at radius 2 is 2.04 bits per heavy atom. The number of rotatable bonds is 5. The highest BCUT2D eigenvalue weighted by Gasteiger charge is 2.25. The Labute approximate surface area is 163 Å². The number of para-hydroxylation sites is 2. The van der Waals surface area contributed by atoms with Crippen molar-refractivity contribution in [2.24, 2.45) is 16.5 Å². The number of piperidine rings is 1. The first-order valence-corrected chi connectivity index (χ1v) is 9.55. The lowest BCUT2D eigenvalue weighted by Gasteiger charge is -2.33. The van der Waals surface area contributed by atoms with Gasteiger partial charge in [-0.2, -0.15) is 4.98 Å². The quantitative estimate of drug-likeness (QED) is 0.345. The molecule has 28 heavy (non-hydrogen) atoms. The van der Waals surface area contributed by atoms with Crippen molar-refractivity contribution in [1.29, 1.82) is 0 Å². The Kier molecular flexibility index (Phi) is 5.16. The molecule has 2 aromatic rings. The van der Waals surface area contributed by atoms with Gasteiger partial charge in [-0.15, -0.1) is 0 Å². The molecule has 1 saturated heterocycles. The van der Waals surface area contributed by atoms with E-state index in [-0.39, 0.29) is 17.7 Å². The lowest BCUT2D eigenvalue weighted by atomic mass is 10.0. The zero-order chi connectivity index (χ0) is 19.5. The predicted molar refractivity (Wildman–Crippen MR) is 108 cm³/mol. The first kappa shape index (κ1) is 18.3. The summed E-state index contributed by atoms with van der Waals surface area (Å²) in [5, 5.41) is 3.17. The zero-order valence-corrected chi connectivity index (χ0v) is 15.7. The van der Waals surface area contributed by atoms with Gasteiger partial charge >= 0.3 is 5.69 Å². The third-order valence-electron chi connectivity index (χ3n) is 5.16. The Morgan fingerprint density at radius 3 is 2.82 bits per heavy atom. The SMILES string of the molecule is NC(N)=NCCCN1CCC(n2cc3c(nc2=O)Nc2ccccc2O3)CC1. The Morgan fingerprint density at radius 1 is 1.25 bits per heavy atom. The predicted octanol–water partition coefficient (Wildman–Crippen LogP) is 1.39. The maximum Gasteiger partial charge on any atom is 0.350 e. The van der Waals surface area contributed by atoms with Crippen LogP contribution < -0.4 is 27.2 Å². The van der Waals surface area contributed by atoms with Crippen molar-refractivity contribution in [3.63, 3.8) is 0 Å². The van der Waals surface area contributed by atoms with Crippen LogP contribution in [0.3, 0.4) is 0 Å². The normalized spacial score (nSPS) is 16.4. The van der Waals surface area contributed by atoms with E-state index in [2.05, 4.69) is 20.2 Å². The maximum absolute atomic E-state index is 12.6. The van der Waals surface area contributed by atoms with Gasteiger partial charge in [0.15, 0.2) is 23.3 Å². The molecule has 1 aromatic carbocycles. The van der Waals surface area contributed by atoms with Crippen LogP contribution in [0, 0.1) is 0 Å². The molecule has 0 saturated carbocycles. The van der Waals surface area contributed by atoms with Crippen molar-refractivity contribution >= 4 is 17.5 Å². The van der Waals surface area contributed by atoms with Gasteiger partial charge in [-0.25, -0.2) is 4.79 Å². The number of aliphatic imine (C=N–C) groups is 1. The molecule has 148 valence electrons. The molecule has 0 spiro atoms. The molecule has 4 rings (SSSR count). The van der Waals surface area contributed by atoms with E-state index in [1.165, 1.54) is 0 Å². The number of likely N-dealkylation sites (tertiary alicyclic amines) is 1. The Hall–Kier alpha value is -3.07. The summed E-state index contributed by atoms with van der Waals surface area (Å²) in [6.07, 6.45) is 4.49. The fourth-order valence-electron chi connectivity index (χ4n) is 3.71. The van der Waals surface area contributed by atoms with Crippen LogP contribution in [0.2, 0.25) is 0 Å². The molecular weight excluding hydrogens is 358 g/mol. The van der Waals surface area contributed by atoms with E-state index in [1.807, 2.05) is 24.3 Å². The minimum Gasteiger partial charge on any atom is -0.450 e. The number of anilines is 2. The van der Waals surface area contributed by atoms with Crippen LogP contribution in [0.4, 0.5) is 11.5 Å². The number of hydrogen-bond donors (Lipinski definition) is 3. The highest BCUT2D eigenvalue weighted by Crippen LogP contribution is 2.40. The molecule has 0 atom stereocenters. The molecule has 3 heterocycles. The third kappa shape index (κ3) is 3.94. The molecule has 0 radical (unpaired) electrons. The van der Waals surface area contributed by atoms with E-state index < -0.39 is 0 Å². The summed E-state index contributed by atoms with van der Waals surface area (Å²) in [6, 6.07) is 7.74. The second-order valence-electron chi connectivity index (χ2n) is 7.10. The highest BCUT2D eigenvalue weighted by molar-refractivity contribution is 5.75. The molecular formula is C19H25N7O2. The maximum atomic E-state index is 12.6. The Balaban J connectivity index is 1.40. The van der Waals surface area contributed by atoms with Crippen LogP contribution in [0.1, 0.15) is 25.3 Å². The summed E-state index contributed by atoms with van der Waals surface area (Å²) >= 11 is 0. The number of hydrogen-bond acceptors (Lipinski definition) is 6. The second kappa shape index (κ2) is 7.89. The van der Waals surface area contributed by atoms with E-state index in [9.17, 15) is 4.79 Å². The molecule has 0 bridgehead atoms. The standard InChI is InChI=1S/C19H25N7O2/c20-18(21)22-8-3-9-25-10-6-13(7-11-25)26-12-16-17(24-19(26)27)23-14-4-1-2-5-15(14)28-16/h1-2,4-5,12-13H,3,6-11H2,(H4,20,21,22)(H,23,24,27). The van der Waals surface area contributed by atoms with Crippen molar-refractivity contribution in [3.8, 4) is 11.5 Å². The van der Waals surface area contributed by atoms with Crippen molar-refractivity contribution in [2.45, 2.75) is 25.3 Å². The molecule has 2 aliphatic heterocycles. The monoisotopic (exact) mass is 383 g/mol. The molecule has 0 aliphatic carbocycles. The highest BCUT2D eigenvalue weighted by atomic mass is 16.5. The van der Waals surface area contributed by atoms with Crippen molar-refractivity contribution < 1.29 is 4.74 Å². The van der Waals surface area contributed by atoms with Crippen molar-refractivity contribution in [1.82, 2.24) is 14.5 Å². The van der Waals surface area contributed by atoms with Crippen LogP contribution in [0.15, 0.2) is 40.2 Å². The lowest BCUT2D eigenvalue weighted by molar-refractivity contribution is 0.182. The molecule has 9 heteroatoms. The lowest BCUT2D eigenvalue weighted by Crippen LogP contribution is -2.38. The van der Waals surface area contributed by atoms with E-state index in [4.69, 9.17) is 16.2 Å². The smallest absolute Gasteiger partial charge is 0.350 e. The largest absolute Gasteiger partial charge is 0.450 e. The van der Waals surface area contributed by atoms with Crippen LogP contribution in [0.5, 0.6) is 11.5 Å². The topological polar surface area (TPSA) is 124 Å². The van der Waals surface area contributed by atoms with Gasteiger partial charge in [-0.05, 0) is 37.9 Å². The Bertz CT molecular complexity index is 928. The third-order valence-corrected chi connectivity index (χ3v) is 5.16. The van der Waals surface area contributed by atoms with Gasteiger partial charge in [0.1, 0.15) is 0 Å². The average Bonchev–Trinajstić information content (AvgIpc) is 2.70. The molecule has 1 fully saturated rings. The van der Waals surface area contributed by atoms with E-state index in [1.54, 1.807) is 10.8 Å². The summed E-state index contributed by atoms with van der Waals surface area (Å²) in [6.45, 7) is 3.45. The minimum absolute atomic E-state index is 0.125. The van der Waals surface area contributed by atoms with Gasteiger partial charge in [0.2, 0.25) is 0 Å². The molecule has 0 unspecified atom stereocenters. The van der Waals surface area contributed by atoms with E-state index in [0.717, 1.165) is 50.3 Å². The van der Waals surface area contributed by atoms with Crippen LogP contribution >= 0.6 is 0 Å². The fraction of sp³-hybridized carbons (Fsp3) is 0.421. The van der Waals surface area contributed by atoms with E-state index in [0.29, 0.717) is 18.1 Å². The molecule has 2 aliphatic rings. The summed E-state index contributed by atoms with van der Waals surface area (Å²) in [4.78, 5) is 23.2. The molecule has 1 aromatic heterocycles. The van der Waals surface area contributed by atoms with Crippen molar-refractivity contribution in [3.05, 3.63) is 40.9 Å². The van der Waals surface area contributed by atoms with Crippen LogP contribution in [-0.4, -0.2) is 46.6 Å². The number of guanidine groups is 1. The van der Waals surface area contributed by atoms with Gasteiger partial charge in [0.05, 0.1) is 11.9 Å². The average molecular weight is 383 g/mol. The van der Waals surface area contributed by atoms with Gasteiger partial charge in [0, 0.05) is 25.7 Å². The molecule has 5 N–H and O–H groups in total. The minimum atomic E-state index is -0.250. The van der Waals surface area contributed by atoms with Crippen molar-refractivity contribution in [2.75, 3.05) is 31.5 Å². The van der Waals surface area contributed by atoms with Crippen LogP contribution in [0.25, 0.3) is 0 Å². The first-order chi connectivity index (χ1) is 13.6. The number of ether oxygens (including phenoxy) is 1. The fourth-order valence-corrected chi connectivity index (χ4v) is 3.71. The van der Waals surface area contributed by atoms with Gasteiger partial charge in [-0.1, -0.05) is 12.1 Å². The zero-order valence-electron chi connectivity index (χ0n) is 15.7. The molecule has 0 amide bonds. The number of benzene rings is 1. The van der Waals surface area contributed by atoms with Gasteiger partial charge in [0.25, 0.3) is 0 Å². The number of fused-ring (bicyclic) bond motifs is 2. The van der Waals surface area contributed by atoms with Gasteiger partial charge < -0.3 is 26.4 Å². The first-order valence-electron chi connectivity index (χ1n) is 9.55. The summed E-state index contributed by atoms with van der Waals surface area (Å²) in [7, 11) is 0. The van der Waals surface area contributed by atoms with Crippen LogP contribution in [-0.2, 0) is 0 Å². The summed E-state index contributed by atoms with van der Waals surface area (Å²) in [5.41, 5.74) is 11.3. The van der Waals surface area contributed by atoms with E-state index >= 15 is 0 Å². The van der Waals surface area contributed by atoms with Gasteiger partial charge in [-0.3, -0.25) is 9.56 Å². The summed E-state index contributed by atoms with van der Waals surface area (Å²) < 4.78 is 7.66. The second-order valence-corrected chi connectivity index (χ2v) is 7.10. The number of aromatic nitrogens is 2. The number of nitrogens with zero attached hydrogens (tertiary/aromatic N) is 4. The molecule has 9 nitrogen and oxygen atoms in total.